The van der Waals surface area contributed by atoms with Gasteiger partial charge in [0.05, 0.1) is 18.2 Å². The van der Waals surface area contributed by atoms with Crippen LogP contribution in [0.15, 0.2) is 54.6 Å². The summed E-state index contributed by atoms with van der Waals surface area (Å²) in [7, 11) is 0. The van der Waals surface area contributed by atoms with E-state index < -0.39 is 6.04 Å². The third-order valence-corrected chi connectivity index (χ3v) is 5.73. The van der Waals surface area contributed by atoms with Crippen molar-refractivity contribution < 1.29 is 14.4 Å². The van der Waals surface area contributed by atoms with Crippen molar-refractivity contribution in [1.29, 1.82) is 0 Å². The van der Waals surface area contributed by atoms with Gasteiger partial charge in [0.2, 0.25) is 5.91 Å². The molecule has 6 nitrogen and oxygen atoms in total. The smallest absolute Gasteiger partial charge is 0.251 e. The molecule has 0 aliphatic carbocycles. The van der Waals surface area contributed by atoms with Crippen molar-refractivity contribution in [2.75, 3.05) is 31.1 Å². The molecule has 2 fully saturated rings. The number of benzene rings is 2. The minimum Gasteiger partial charge on any atom is -0.297 e. The highest BCUT2D eigenvalue weighted by atomic mass is 16.2. The molecule has 2 aromatic carbocycles. The summed E-state index contributed by atoms with van der Waals surface area (Å²) in [5, 5.41) is 0. The Hall–Kier alpha value is -2.83. The van der Waals surface area contributed by atoms with Crippen molar-refractivity contribution in [3.63, 3.8) is 0 Å². The molecule has 0 bridgehead atoms. The average Bonchev–Trinajstić information content (AvgIpc) is 3.03. The van der Waals surface area contributed by atoms with Crippen LogP contribution in [-0.4, -0.2) is 59.6 Å². The lowest BCUT2D eigenvalue weighted by Crippen LogP contribution is -2.52. The number of anilines is 1. The molecule has 29 heavy (non-hydrogen) atoms. The SMILES string of the molecule is CC(=O)c1cccc(N2C(=O)CC(N3CCN(Cc4ccccc4)CC3)C2=O)c1. The molecule has 0 aromatic heterocycles. The molecule has 4 rings (SSSR count). The van der Waals surface area contributed by atoms with Crippen molar-refractivity contribution in [2.45, 2.75) is 25.9 Å². The van der Waals surface area contributed by atoms with E-state index in [1.807, 2.05) is 18.2 Å². The van der Waals surface area contributed by atoms with E-state index in [9.17, 15) is 14.4 Å². The minimum absolute atomic E-state index is 0.0861. The molecular formula is C23H25N3O3. The third kappa shape index (κ3) is 4.13. The molecule has 1 atom stereocenters. The highest BCUT2D eigenvalue weighted by Gasteiger charge is 2.43. The van der Waals surface area contributed by atoms with E-state index in [-0.39, 0.29) is 24.0 Å². The number of ketones is 1. The maximum absolute atomic E-state index is 13.0. The Labute approximate surface area is 170 Å². The first-order chi connectivity index (χ1) is 14.0. The summed E-state index contributed by atoms with van der Waals surface area (Å²) in [5.74, 6) is -0.475. The van der Waals surface area contributed by atoms with Crippen molar-refractivity contribution >= 4 is 23.3 Å². The molecule has 2 aliphatic rings. The molecule has 150 valence electrons. The lowest BCUT2D eigenvalue weighted by Gasteiger charge is -2.37. The second-order valence-electron chi connectivity index (χ2n) is 7.69. The van der Waals surface area contributed by atoms with Crippen molar-refractivity contribution in [3.05, 3.63) is 65.7 Å². The number of hydrogen-bond donors (Lipinski definition) is 0. The molecular weight excluding hydrogens is 366 g/mol. The van der Waals surface area contributed by atoms with Gasteiger partial charge in [0.25, 0.3) is 5.91 Å². The summed E-state index contributed by atoms with van der Waals surface area (Å²) in [6.07, 6.45) is 0.196. The maximum Gasteiger partial charge on any atom is 0.251 e. The van der Waals surface area contributed by atoms with E-state index in [1.165, 1.54) is 17.4 Å². The van der Waals surface area contributed by atoms with Gasteiger partial charge in [0, 0.05) is 38.3 Å². The van der Waals surface area contributed by atoms with Gasteiger partial charge in [-0.25, -0.2) is 4.90 Å². The molecule has 2 heterocycles. The summed E-state index contributed by atoms with van der Waals surface area (Å²) < 4.78 is 0. The van der Waals surface area contributed by atoms with Crippen LogP contribution in [0.3, 0.4) is 0 Å². The lowest BCUT2D eigenvalue weighted by molar-refractivity contribution is -0.123. The summed E-state index contributed by atoms with van der Waals surface area (Å²) in [6, 6.07) is 16.7. The minimum atomic E-state index is -0.414. The second-order valence-corrected chi connectivity index (χ2v) is 7.69. The number of piperazine rings is 1. The van der Waals surface area contributed by atoms with E-state index in [0.717, 1.165) is 32.7 Å². The van der Waals surface area contributed by atoms with Crippen LogP contribution in [0.4, 0.5) is 5.69 Å². The zero-order valence-electron chi connectivity index (χ0n) is 16.6. The predicted molar refractivity (Wildman–Crippen MR) is 111 cm³/mol. The Morgan fingerprint density at radius 3 is 2.38 bits per heavy atom. The maximum atomic E-state index is 13.0. The second kappa shape index (κ2) is 8.27. The zero-order valence-corrected chi connectivity index (χ0v) is 16.6. The van der Waals surface area contributed by atoms with E-state index in [2.05, 4.69) is 21.9 Å². The number of Topliss-reactive ketones (excluding diaryl/α,β-unsaturated/α-hetero) is 1. The van der Waals surface area contributed by atoms with Crippen LogP contribution in [-0.2, 0) is 16.1 Å². The Bertz CT molecular complexity index is 920. The highest BCUT2D eigenvalue weighted by Crippen LogP contribution is 2.27. The fourth-order valence-corrected chi connectivity index (χ4v) is 4.11. The summed E-state index contributed by atoms with van der Waals surface area (Å²) >= 11 is 0. The number of nitrogens with zero attached hydrogens (tertiary/aromatic N) is 3. The van der Waals surface area contributed by atoms with E-state index in [4.69, 9.17) is 0 Å². The summed E-state index contributed by atoms with van der Waals surface area (Å²) in [6.45, 7) is 5.63. The number of imide groups is 1. The first-order valence-corrected chi connectivity index (χ1v) is 10.0. The monoisotopic (exact) mass is 391 g/mol. The first kappa shape index (κ1) is 19.5. The van der Waals surface area contributed by atoms with Gasteiger partial charge >= 0.3 is 0 Å². The van der Waals surface area contributed by atoms with Gasteiger partial charge in [0.1, 0.15) is 0 Å². The van der Waals surface area contributed by atoms with Gasteiger partial charge in [-0.15, -0.1) is 0 Å². The summed E-state index contributed by atoms with van der Waals surface area (Å²) in [4.78, 5) is 43.0. The zero-order chi connectivity index (χ0) is 20.4. The molecule has 0 spiro atoms. The topological polar surface area (TPSA) is 60.9 Å². The lowest BCUT2D eigenvalue weighted by atomic mass is 10.1. The van der Waals surface area contributed by atoms with Crippen molar-refractivity contribution in [1.82, 2.24) is 9.80 Å². The fraction of sp³-hybridized carbons (Fsp3) is 0.348. The Kier molecular flexibility index (Phi) is 5.56. The van der Waals surface area contributed by atoms with Gasteiger partial charge in [-0.1, -0.05) is 42.5 Å². The van der Waals surface area contributed by atoms with E-state index in [0.29, 0.717) is 11.3 Å². The Morgan fingerprint density at radius 1 is 0.966 bits per heavy atom. The van der Waals surface area contributed by atoms with Gasteiger partial charge in [-0.3, -0.25) is 24.2 Å². The molecule has 1 unspecified atom stereocenters. The normalized spacial score (nSPS) is 21.0. The van der Waals surface area contributed by atoms with Crippen LogP contribution < -0.4 is 4.90 Å². The quantitative estimate of drug-likeness (QED) is 0.578. The highest BCUT2D eigenvalue weighted by molar-refractivity contribution is 6.22. The molecule has 0 radical (unpaired) electrons. The van der Waals surface area contributed by atoms with Crippen LogP contribution in [0.1, 0.15) is 29.3 Å². The average molecular weight is 391 g/mol. The molecule has 2 aliphatic heterocycles. The third-order valence-electron chi connectivity index (χ3n) is 5.73. The number of carbonyl (C=O) groups is 3. The first-order valence-electron chi connectivity index (χ1n) is 10.0. The number of rotatable bonds is 5. The standard InChI is InChI=1S/C23H25N3O3/c1-17(27)19-8-5-9-20(14-19)26-22(28)15-21(23(26)29)25-12-10-24(11-13-25)16-18-6-3-2-4-7-18/h2-9,14,21H,10-13,15-16H2,1H3. The largest absolute Gasteiger partial charge is 0.297 e. The van der Waals surface area contributed by atoms with E-state index >= 15 is 0 Å². The number of carbonyl (C=O) groups excluding carboxylic acids is 3. The molecule has 2 saturated heterocycles. The van der Waals surface area contributed by atoms with Gasteiger partial charge < -0.3 is 0 Å². The number of hydrogen-bond acceptors (Lipinski definition) is 5. The van der Waals surface area contributed by atoms with Crippen LogP contribution in [0, 0.1) is 0 Å². The van der Waals surface area contributed by atoms with Crippen molar-refractivity contribution in [3.8, 4) is 0 Å². The predicted octanol–water partition coefficient (Wildman–Crippen LogP) is 2.34. The summed E-state index contributed by atoms with van der Waals surface area (Å²) in [5.41, 5.74) is 2.27. The molecule has 0 saturated carbocycles. The Balaban J connectivity index is 1.41. The Morgan fingerprint density at radius 2 is 1.69 bits per heavy atom. The van der Waals surface area contributed by atoms with Crippen LogP contribution >= 0.6 is 0 Å². The fourth-order valence-electron chi connectivity index (χ4n) is 4.11. The van der Waals surface area contributed by atoms with E-state index in [1.54, 1.807) is 24.3 Å². The van der Waals surface area contributed by atoms with Crippen LogP contribution in [0.25, 0.3) is 0 Å². The molecule has 6 heteroatoms. The van der Waals surface area contributed by atoms with Crippen molar-refractivity contribution in [2.24, 2.45) is 0 Å². The molecule has 2 aromatic rings. The van der Waals surface area contributed by atoms with Gasteiger partial charge in [-0.2, -0.15) is 0 Å². The van der Waals surface area contributed by atoms with Gasteiger partial charge in [0.15, 0.2) is 5.78 Å². The molecule has 0 N–H and O–H groups in total. The number of amides is 2. The molecule has 2 amide bonds. The van der Waals surface area contributed by atoms with Crippen LogP contribution in [0.5, 0.6) is 0 Å². The van der Waals surface area contributed by atoms with Gasteiger partial charge in [-0.05, 0) is 24.6 Å². The van der Waals surface area contributed by atoms with Crippen LogP contribution in [0.2, 0.25) is 0 Å².